The number of fused-ring (bicyclic) bond motifs is 3. The van der Waals surface area contributed by atoms with Crippen molar-refractivity contribution in [2.75, 3.05) is 6.61 Å². The molecule has 5 heteroatoms. The van der Waals surface area contributed by atoms with E-state index in [-0.39, 0.29) is 12.2 Å². The molecule has 0 saturated carbocycles. The van der Waals surface area contributed by atoms with Crippen molar-refractivity contribution in [2.24, 2.45) is 0 Å². The van der Waals surface area contributed by atoms with E-state index < -0.39 is 11.6 Å². The van der Waals surface area contributed by atoms with Gasteiger partial charge in [-0.3, -0.25) is 4.79 Å². The molecular weight excluding hydrogens is 261 g/mol. The average molecular weight is 277 g/mol. The third kappa shape index (κ3) is 1.81. The average Bonchev–Trinajstić information content (AvgIpc) is 2.75. The molecule has 3 rings (SSSR count). The van der Waals surface area contributed by atoms with Gasteiger partial charge in [0.05, 0.1) is 24.2 Å². The lowest BCUT2D eigenvalue weighted by atomic mass is 9.90. The fraction of sp³-hybridized carbons (Fsp3) is 0.400. The second-order valence-electron chi connectivity index (χ2n) is 5.49. The summed E-state index contributed by atoms with van der Waals surface area (Å²) in [5.41, 5.74) is 2.27. The molecule has 20 heavy (non-hydrogen) atoms. The molecule has 106 valence electrons. The summed E-state index contributed by atoms with van der Waals surface area (Å²) >= 11 is 0. The first-order valence-corrected chi connectivity index (χ1v) is 6.58. The summed E-state index contributed by atoms with van der Waals surface area (Å²) in [6, 6.07) is 3.17. The van der Waals surface area contributed by atoms with Crippen LogP contribution in [0.15, 0.2) is 12.1 Å². The standard InChI is InChI=1S/C15H16FNO3/c1-8-3-4-10(16)12-9-5-6-20-15(2,7-11(18)19)14(9)17-13(8)12/h3-4,17H,5-7H2,1-2H3,(H,18,19). The van der Waals surface area contributed by atoms with Crippen LogP contribution in [-0.4, -0.2) is 22.7 Å². The number of hydrogen-bond donors (Lipinski definition) is 2. The minimum absolute atomic E-state index is 0.145. The predicted octanol–water partition coefficient (Wildman–Crippen LogP) is 2.88. The Balaban J connectivity index is 2.28. The van der Waals surface area contributed by atoms with Crippen LogP contribution < -0.4 is 0 Å². The van der Waals surface area contributed by atoms with Crippen molar-refractivity contribution in [3.05, 3.63) is 34.8 Å². The zero-order chi connectivity index (χ0) is 14.5. The SMILES string of the molecule is Cc1ccc(F)c2c3c([nH]c12)C(C)(CC(=O)O)OCC3. The van der Waals surface area contributed by atoms with Gasteiger partial charge in [0.2, 0.25) is 0 Å². The second kappa shape index (κ2) is 4.31. The first-order valence-electron chi connectivity index (χ1n) is 6.58. The van der Waals surface area contributed by atoms with Gasteiger partial charge in [0.25, 0.3) is 0 Å². The van der Waals surface area contributed by atoms with Crippen LogP contribution in [0.4, 0.5) is 4.39 Å². The van der Waals surface area contributed by atoms with Crippen LogP contribution in [0.1, 0.15) is 30.2 Å². The van der Waals surface area contributed by atoms with Crippen molar-refractivity contribution < 1.29 is 19.0 Å². The molecule has 0 radical (unpaired) electrons. The molecule has 1 aromatic heterocycles. The fourth-order valence-electron chi connectivity index (χ4n) is 3.04. The molecule has 0 bridgehead atoms. The highest BCUT2D eigenvalue weighted by atomic mass is 19.1. The minimum atomic E-state index is -0.934. The van der Waals surface area contributed by atoms with Crippen LogP contribution in [0.3, 0.4) is 0 Å². The first-order chi connectivity index (χ1) is 9.42. The number of carbonyl (C=O) groups is 1. The highest BCUT2D eigenvalue weighted by Gasteiger charge is 2.38. The van der Waals surface area contributed by atoms with Gasteiger partial charge in [-0.25, -0.2) is 4.39 Å². The molecule has 2 aromatic rings. The van der Waals surface area contributed by atoms with Crippen molar-refractivity contribution in [2.45, 2.75) is 32.3 Å². The Bertz CT molecular complexity index is 707. The lowest BCUT2D eigenvalue weighted by molar-refractivity contribution is -0.146. The van der Waals surface area contributed by atoms with Gasteiger partial charge >= 0.3 is 5.97 Å². The van der Waals surface area contributed by atoms with E-state index in [2.05, 4.69) is 4.98 Å². The van der Waals surface area contributed by atoms with E-state index in [1.807, 2.05) is 6.92 Å². The van der Waals surface area contributed by atoms with Gasteiger partial charge in [0.15, 0.2) is 0 Å². The minimum Gasteiger partial charge on any atom is -0.481 e. The summed E-state index contributed by atoms with van der Waals surface area (Å²) < 4.78 is 19.8. The number of carboxylic acids is 1. The summed E-state index contributed by atoms with van der Waals surface area (Å²) in [6.45, 7) is 4.04. The maximum atomic E-state index is 14.1. The maximum absolute atomic E-state index is 14.1. The second-order valence-corrected chi connectivity index (χ2v) is 5.49. The lowest BCUT2D eigenvalue weighted by Crippen LogP contribution is -2.34. The number of nitrogens with one attached hydrogen (secondary N) is 1. The van der Waals surface area contributed by atoms with Gasteiger partial charge < -0.3 is 14.8 Å². The molecule has 1 atom stereocenters. The van der Waals surface area contributed by atoms with Crippen LogP contribution in [0.5, 0.6) is 0 Å². The van der Waals surface area contributed by atoms with Gasteiger partial charge in [-0.2, -0.15) is 0 Å². The van der Waals surface area contributed by atoms with Crippen LogP contribution in [0.2, 0.25) is 0 Å². The largest absolute Gasteiger partial charge is 0.481 e. The number of halogens is 1. The summed E-state index contributed by atoms with van der Waals surface area (Å²) in [4.78, 5) is 14.3. The number of aliphatic carboxylic acids is 1. The van der Waals surface area contributed by atoms with Gasteiger partial charge in [0.1, 0.15) is 11.4 Å². The first kappa shape index (κ1) is 13.1. The van der Waals surface area contributed by atoms with E-state index in [1.165, 1.54) is 6.07 Å². The predicted molar refractivity (Wildman–Crippen MR) is 72.3 cm³/mol. The van der Waals surface area contributed by atoms with Crippen LogP contribution >= 0.6 is 0 Å². The topological polar surface area (TPSA) is 62.3 Å². The molecule has 0 spiro atoms. The van der Waals surface area contributed by atoms with Crippen molar-refractivity contribution in [1.82, 2.24) is 4.98 Å². The smallest absolute Gasteiger partial charge is 0.306 e. The van der Waals surface area contributed by atoms with Crippen LogP contribution in [-0.2, 0) is 21.6 Å². The Labute approximate surface area is 115 Å². The summed E-state index contributed by atoms with van der Waals surface area (Å²) in [5.74, 6) is -1.21. The van der Waals surface area contributed by atoms with Crippen LogP contribution in [0, 0.1) is 12.7 Å². The number of aromatic amines is 1. The van der Waals surface area contributed by atoms with Gasteiger partial charge in [0, 0.05) is 5.39 Å². The molecule has 0 saturated heterocycles. The lowest BCUT2D eigenvalue weighted by Gasteiger charge is -2.32. The molecule has 2 heterocycles. The number of aromatic nitrogens is 1. The van der Waals surface area contributed by atoms with Crippen molar-refractivity contribution >= 4 is 16.9 Å². The number of H-pyrrole nitrogens is 1. The molecular formula is C15H16FNO3. The molecule has 4 nitrogen and oxygen atoms in total. The Morgan fingerprint density at radius 1 is 1.55 bits per heavy atom. The van der Waals surface area contributed by atoms with E-state index in [9.17, 15) is 9.18 Å². The van der Waals surface area contributed by atoms with Gasteiger partial charge in [-0.15, -0.1) is 0 Å². The van der Waals surface area contributed by atoms with Crippen molar-refractivity contribution in [3.63, 3.8) is 0 Å². The number of rotatable bonds is 2. The van der Waals surface area contributed by atoms with Gasteiger partial charge in [-0.05, 0) is 37.5 Å². The molecule has 1 aliphatic heterocycles. The molecule has 0 fully saturated rings. The molecule has 0 aliphatic carbocycles. The summed E-state index contributed by atoms with van der Waals surface area (Å²) in [5, 5.41) is 9.64. The summed E-state index contributed by atoms with van der Waals surface area (Å²) in [7, 11) is 0. The maximum Gasteiger partial charge on any atom is 0.306 e. The molecule has 1 unspecified atom stereocenters. The number of ether oxygens (including phenoxy) is 1. The normalized spacial score (nSPS) is 21.9. The molecule has 1 aliphatic rings. The third-order valence-corrected chi connectivity index (χ3v) is 4.01. The number of carboxylic acid groups (broad SMARTS) is 1. The Morgan fingerprint density at radius 2 is 2.30 bits per heavy atom. The number of benzene rings is 1. The van der Waals surface area contributed by atoms with Crippen molar-refractivity contribution in [3.8, 4) is 0 Å². The number of aryl methyl sites for hydroxylation is 1. The van der Waals surface area contributed by atoms with E-state index in [0.717, 1.165) is 16.6 Å². The van der Waals surface area contributed by atoms with E-state index >= 15 is 0 Å². The highest BCUT2D eigenvalue weighted by Crippen LogP contribution is 2.40. The van der Waals surface area contributed by atoms with E-state index in [1.54, 1.807) is 13.0 Å². The van der Waals surface area contributed by atoms with Gasteiger partial charge in [-0.1, -0.05) is 6.07 Å². The van der Waals surface area contributed by atoms with E-state index in [4.69, 9.17) is 9.84 Å². The quantitative estimate of drug-likeness (QED) is 0.887. The Morgan fingerprint density at radius 3 is 3.00 bits per heavy atom. The third-order valence-electron chi connectivity index (χ3n) is 4.01. The molecule has 1 aromatic carbocycles. The zero-order valence-corrected chi connectivity index (χ0v) is 11.4. The zero-order valence-electron chi connectivity index (χ0n) is 11.4. The summed E-state index contributed by atoms with van der Waals surface area (Å²) in [6.07, 6.45) is 0.443. The highest BCUT2D eigenvalue weighted by molar-refractivity contribution is 5.88. The Kier molecular flexibility index (Phi) is 2.83. The fourth-order valence-corrected chi connectivity index (χ4v) is 3.04. The van der Waals surface area contributed by atoms with E-state index in [0.29, 0.717) is 24.1 Å². The number of hydrogen-bond acceptors (Lipinski definition) is 2. The van der Waals surface area contributed by atoms with Crippen molar-refractivity contribution in [1.29, 1.82) is 0 Å². The van der Waals surface area contributed by atoms with Crippen LogP contribution in [0.25, 0.3) is 10.9 Å². The monoisotopic (exact) mass is 277 g/mol. The Hall–Kier alpha value is -1.88. The molecule has 2 N–H and O–H groups in total. The molecule has 0 amide bonds.